The zero-order valence-corrected chi connectivity index (χ0v) is 13.5. The molecule has 2 rings (SSSR count). The maximum Gasteiger partial charge on any atom is 0.207 e. The highest BCUT2D eigenvalue weighted by Crippen LogP contribution is 2.26. The van der Waals surface area contributed by atoms with Crippen LogP contribution in [-0.4, -0.2) is 31.0 Å². The van der Waals surface area contributed by atoms with Gasteiger partial charge in [0.15, 0.2) is 5.78 Å². The van der Waals surface area contributed by atoms with Gasteiger partial charge in [-0.25, -0.2) is 0 Å². The topological polar surface area (TPSA) is 75.6 Å². The molecule has 126 valence electrons. The van der Waals surface area contributed by atoms with Gasteiger partial charge in [0.2, 0.25) is 6.41 Å². The van der Waals surface area contributed by atoms with E-state index < -0.39 is 6.04 Å². The van der Waals surface area contributed by atoms with Gasteiger partial charge in [-0.15, -0.1) is 0 Å². The van der Waals surface area contributed by atoms with Gasteiger partial charge < -0.3 is 15.2 Å². The SMILES string of the molecule is COc1cccc(C(CO)CC(=O)C(NC=O)c2ccccc2)c1. The number of nitrogens with one attached hydrogen (secondary N) is 1. The van der Waals surface area contributed by atoms with E-state index in [-0.39, 0.29) is 24.7 Å². The molecule has 0 spiro atoms. The highest BCUT2D eigenvalue weighted by molar-refractivity contribution is 5.87. The molecule has 2 aromatic rings. The molecule has 24 heavy (non-hydrogen) atoms. The number of methoxy groups -OCH3 is 1. The lowest BCUT2D eigenvalue weighted by molar-refractivity contribution is -0.124. The van der Waals surface area contributed by atoms with Crippen LogP contribution in [0.25, 0.3) is 0 Å². The Hall–Kier alpha value is -2.66. The van der Waals surface area contributed by atoms with Crippen molar-refractivity contribution in [3.05, 3.63) is 65.7 Å². The van der Waals surface area contributed by atoms with Gasteiger partial charge >= 0.3 is 0 Å². The number of Topliss-reactive ketones (excluding diaryl/α,β-unsaturated/α-hetero) is 1. The molecule has 2 aromatic carbocycles. The molecule has 1 amide bonds. The number of carbonyl (C=O) groups is 2. The molecule has 0 radical (unpaired) electrons. The van der Waals surface area contributed by atoms with Gasteiger partial charge in [-0.1, -0.05) is 42.5 Å². The fraction of sp³-hybridized carbons (Fsp3) is 0.263. The number of hydrogen-bond donors (Lipinski definition) is 2. The summed E-state index contributed by atoms with van der Waals surface area (Å²) in [6.45, 7) is -0.165. The first-order chi connectivity index (χ1) is 11.7. The van der Waals surface area contributed by atoms with Crippen LogP contribution in [0.15, 0.2) is 54.6 Å². The fourth-order valence-corrected chi connectivity index (χ4v) is 2.63. The van der Waals surface area contributed by atoms with Crippen molar-refractivity contribution < 1.29 is 19.4 Å². The number of aliphatic hydroxyl groups excluding tert-OH is 1. The second kappa shape index (κ2) is 8.84. The van der Waals surface area contributed by atoms with Crippen molar-refractivity contribution in [3.8, 4) is 5.75 Å². The number of rotatable bonds is 9. The third-order valence-electron chi connectivity index (χ3n) is 3.92. The van der Waals surface area contributed by atoms with Gasteiger partial charge in [0.25, 0.3) is 0 Å². The molecule has 5 heteroatoms. The predicted octanol–water partition coefficient (Wildman–Crippen LogP) is 2.22. The number of amides is 1. The fourth-order valence-electron chi connectivity index (χ4n) is 2.63. The monoisotopic (exact) mass is 327 g/mol. The van der Waals surface area contributed by atoms with Gasteiger partial charge in [0, 0.05) is 12.3 Å². The zero-order chi connectivity index (χ0) is 17.4. The summed E-state index contributed by atoms with van der Waals surface area (Å²) >= 11 is 0. The zero-order valence-electron chi connectivity index (χ0n) is 13.5. The highest BCUT2D eigenvalue weighted by atomic mass is 16.5. The molecule has 2 unspecified atom stereocenters. The van der Waals surface area contributed by atoms with Crippen LogP contribution in [0.3, 0.4) is 0 Å². The number of benzene rings is 2. The van der Waals surface area contributed by atoms with Crippen LogP contribution in [-0.2, 0) is 9.59 Å². The molecule has 2 atom stereocenters. The number of hydrogen-bond acceptors (Lipinski definition) is 4. The van der Waals surface area contributed by atoms with E-state index in [4.69, 9.17) is 4.74 Å². The minimum absolute atomic E-state index is 0.115. The lowest BCUT2D eigenvalue weighted by Gasteiger charge is -2.20. The van der Waals surface area contributed by atoms with Crippen LogP contribution in [0.4, 0.5) is 0 Å². The Balaban J connectivity index is 2.18. The second-order valence-corrected chi connectivity index (χ2v) is 5.45. The van der Waals surface area contributed by atoms with E-state index in [9.17, 15) is 14.7 Å². The normalized spacial score (nSPS) is 12.9. The Morgan fingerprint density at radius 3 is 2.50 bits per heavy atom. The van der Waals surface area contributed by atoms with Gasteiger partial charge in [-0.3, -0.25) is 9.59 Å². The first-order valence-electron chi connectivity index (χ1n) is 7.71. The van der Waals surface area contributed by atoms with E-state index >= 15 is 0 Å². The van der Waals surface area contributed by atoms with Gasteiger partial charge in [0.05, 0.1) is 13.7 Å². The van der Waals surface area contributed by atoms with Crippen molar-refractivity contribution in [1.82, 2.24) is 5.32 Å². The molecule has 0 fully saturated rings. The van der Waals surface area contributed by atoms with Crippen molar-refractivity contribution in [1.29, 1.82) is 0 Å². The first kappa shape index (κ1) is 17.7. The van der Waals surface area contributed by atoms with Crippen LogP contribution < -0.4 is 10.1 Å². The first-order valence-corrected chi connectivity index (χ1v) is 7.71. The van der Waals surface area contributed by atoms with E-state index in [1.165, 1.54) is 0 Å². The molecule has 0 saturated heterocycles. The Kier molecular flexibility index (Phi) is 6.51. The predicted molar refractivity (Wildman–Crippen MR) is 90.8 cm³/mol. The molecule has 0 aromatic heterocycles. The van der Waals surface area contributed by atoms with Gasteiger partial charge in [-0.2, -0.15) is 0 Å². The van der Waals surface area contributed by atoms with Gasteiger partial charge in [0.1, 0.15) is 11.8 Å². The third-order valence-corrected chi connectivity index (χ3v) is 3.92. The summed E-state index contributed by atoms with van der Waals surface area (Å²) in [5.41, 5.74) is 1.54. The molecular weight excluding hydrogens is 306 g/mol. The molecular formula is C19H21NO4. The summed E-state index contributed by atoms with van der Waals surface area (Å²) in [5, 5.41) is 12.3. The summed E-state index contributed by atoms with van der Waals surface area (Å²) in [6.07, 6.45) is 0.638. The van der Waals surface area contributed by atoms with E-state index in [0.717, 1.165) is 11.1 Å². The molecule has 2 N–H and O–H groups in total. The Bertz CT molecular complexity index is 672. The standard InChI is InChI=1S/C19H21NO4/c1-24-17-9-5-8-15(10-17)16(12-21)11-18(23)19(20-13-22)14-6-3-2-4-7-14/h2-10,13,16,19,21H,11-12H2,1H3,(H,20,22). The number of aliphatic hydroxyl groups is 1. The second-order valence-electron chi connectivity index (χ2n) is 5.45. The molecule has 0 aliphatic rings. The highest BCUT2D eigenvalue weighted by Gasteiger charge is 2.24. The minimum atomic E-state index is -0.719. The molecule has 0 aliphatic heterocycles. The average molecular weight is 327 g/mol. The summed E-state index contributed by atoms with van der Waals surface area (Å²) in [4.78, 5) is 23.5. The molecule has 0 aliphatic carbocycles. The largest absolute Gasteiger partial charge is 0.497 e. The number of ketones is 1. The van der Waals surface area contributed by atoms with Crippen molar-refractivity contribution in [2.75, 3.05) is 13.7 Å². The average Bonchev–Trinajstić information content (AvgIpc) is 2.64. The Morgan fingerprint density at radius 1 is 1.17 bits per heavy atom. The molecule has 0 saturated carbocycles. The minimum Gasteiger partial charge on any atom is -0.497 e. The van der Waals surface area contributed by atoms with Crippen LogP contribution in [0.1, 0.15) is 29.5 Å². The van der Waals surface area contributed by atoms with E-state index in [0.29, 0.717) is 12.2 Å². The summed E-state index contributed by atoms with van der Waals surface area (Å²) in [7, 11) is 1.57. The van der Waals surface area contributed by atoms with Crippen LogP contribution >= 0.6 is 0 Å². The summed E-state index contributed by atoms with van der Waals surface area (Å²) in [5.74, 6) is 0.159. The third kappa shape index (κ3) is 4.43. The smallest absolute Gasteiger partial charge is 0.207 e. The number of carbonyl (C=O) groups excluding carboxylic acids is 2. The number of ether oxygens (including phenoxy) is 1. The van der Waals surface area contributed by atoms with Crippen molar-refractivity contribution in [3.63, 3.8) is 0 Å². The molecule has 5 nitrogen and oxygen atoms in total. The summed E-state index contributed by atoms with van der Waals surface area (Å²) in [6, 6.07) is 15.6. The van der Waals surface area contributed by atoms with Crippen LogP contribution in [0.5, 0.6) is 5.75 Å². The maximum atomic E-state index is 12.7. The van der Waals surface area contributed by atoms with Crippen molar-refractivity contribution in [2.24, 2.45) is 0 Å². The summed E-state index contributed by atoms with van der Waals surface area (Å²) < 4.78 is 5.18. The van der Waals surface area contributed by atoms with E-state index in [1.54, 1.807) is 31.4 Å². The lowest BCUT2D eigenvalue weighted by atomic mass is 9.90. The maximum absolute atomic E-state index is 12.7. The Labute approximate surface area is 141 Å². The quantitative estimate of drug-likeness (QED) is 0.693. The van der Waals surface area contributed by atoms with E-state index in [1.807, 2.05) is 30.3 Å². The Morgan fingerprint density at radius 2 is 1.88 bits per heavy atom. The van der Waals surface area contributed by atoms with Crippen LogP contribution in [0.2, 0.25) is 0 Å². The van der Waals surface area contributed by atoms with Crippen molar-refractivity contribution in [2.45, 2.75) is 18.4 Å². The van der Waals surface area contributed by atoms with Gasteiger partial charge in [-0.05, 0) is 23.3 Å². The van der Waals surface area contributed by atoms with Crippen LogP contribution in [0, 0.1) is 0 Å². The van der Waals surface area contributed by atoms with Crippen molar-refractivity contribution >= 4 is 12.2 Å². The molecule has 0 bridgehead atoms. The lowest BCUT2D eigenvalue weighted by Crippen LogP contribution is -2.29. The molecule has 0 heterocycles. The van der Waals surface area contributed by atoms with E-state index in [2.05, 4.69) is 5.32 Å².